The van der Waals surface area contributed by atoms with Gasteiger partial charge in [-0.1, -0.05) is 38.1 Å². The number of methoxy groups -OCH3 is 3. The maximum absolute atomic E-state index is 14.1. The van der Waals surface area contributed by atoms with E-state index in [0.717, 1.165) is 9.87 Å². The molecule has 3 rings (SSSR count). The highest BCUT2D eigenvalue weighted by molar-refractivity contribution is 7.92. The van der Waals surface area contributed by atoms with E-state index in [2.05, 4.69) is 5.32 Å². The summed E-state index contributed by atoms with van der Waals surface area (Å²) in [5.74, 6) is 0.704. The van der Waals surface area contributed by atoms with Crippen LogP contribution in [0.4, 0.5) is 5.69 Å². The van der Waals surface area contributed by atoms with E-state index in [-0.39, 0.29) is 34.7 Å². The van der Waals surface area contributed by atoms with Crippen molar-refractivity contribution in [2.75, 3.05) is 38.7 Å². The molecule has 10 nitrogen and oxygen atoms in total. The molecule has 2 amide bonds. The number of nitrogens with one attached hydrogen (secondary N) is 1. The zero-order valence-electron chi connectivity index (χ0n) is 24.9. The molecule has 0 saturated heterocycles. The Bertz CT molecular complexity index is 1440. The van der Waals surface area contributed by atoms with Gasteiger partial charge < -0.3 is 24.4 Å². The highest BCUT2D eigenvalue weighted by Gasteiger charge is 2.33. The fourth-order valence-corrected chi connectivity index (χ4v) is 5.61. The number of ether oxygens (including phenoxy) is 3. The first-order chi connectivity index (χ1) is 20.0. The van der Waals surface area contributed by atoms with Gasteiger partial charge in [0.25, 0.3) is 10.0 Å². The number of benzene rings is 3. The fourth-order valence-electron chi connectivity index (χ4n) is 4.19. The normalized spacial score (nSPS) is 11.9. The number of sulfonamides is 1. The second kappa shape index (κ2) is 14.6. The number of carbonyl (C=O) groups is 2. The monoisotopic (exact) mass is 597 g/mol. The molecule has 42 heavy (non-hydrogen) atoms. The van der Waals surface area contributed by atoms with Crippen LogP contribution < -0.4 is 23.8 Å². The lowest BCUT2D eigenvalue weighted by molar-refractivity contribution is -0.139. The van der Waals surface area contributed by atoms with E-state index in [1.165, 1.54) is 43.4 Å². The summed E-state index contributed by atoms with van der Waals surface area (Å²) >= 11 is 0. The molecule has 1 atom stereocenters. The second-order valence-corrected chi connectivity index (χ2v) is 11.9. The molecule has 3 aromatic carbocycles. The molecule has 0 spiro atoms. The maximum atomic E-state index is 14.1. The molecule has 0 aromatic heterocycles. The van der Waals surface area contributed by atoms with Crippen LogP contribution in [-0.4, -0.2) is 65.6 Å². The summed E-state index contributed by atoms with van der Waals surface area (Å²) in [6.07, 6.45) is 0. The van der Waals surface area contributed by atoms with Crippen molar-refractivity contribution >= 4 is 27.5 Å². The number of hydrogen-bond donors (Lipinski definition) is 1. The minimum atomic E-state index is -4.26. The van der Waals surface area contributed by atoms with Crippen molar-refractivity contribution in [2.45, 2.75) is 38.3 Å². The van der Waals surface area contributed by atoms with Crippen LogP contribution in [0.25, 0.3) is 0 Å². The minimum Gasteiger partial charge on any atom is -0.497 e. The molecule has 0 radical (unpaired) electrons. The smallest absolute Gasteiger partial charge is 0.264 e. The van der Waals surface area contributed by atoms with E-state index in [4.69, 9.17) is 14.2 Å². The molecule has 0 heterocycles. The first-order valence-corrected chi connectivity index (χ1v) is 15.0. The van der Waals surface area contributed by atoms with Crippen molar-refractivity contribution in [1.82, 2.24) is 10.2 Å². The van der Waals surface area contributed by atoms with Crippen LogP contribution in [0.15, 0.2) is 77.7 Å². The van der Waals surface area contributed by atoms with Gasteiger partial charge in [-0.3, -0.25) is 13.9 Å². The van der Waals surface area contributed by atoms with Crippen LogP contribution in [0, 0.1) is 5.92 Å². The molecule has 0 unspecified atom stereocenters. The molecule has 11 heteroatoms. The number of hydrogen-bond acceptors (Lipinski definition) is 7. The van der Waals surface area contributed by atoms with Gasteiger partial charge in [0.05, 0.1) is 31.9 Å². The number of para-hydroxylation sites is 2. The van der Waals surface area contributed by atoms with Gasteiger partial charge in [-0.25, -0.2) is 8.42 Å². The number of nitrogens with zero attached hydrogens (tertiary/aromatic N) is 2. The van der Waals surface area contributed by atoms with Gasteiger partial charge in [0, 0.05) is 13.1 Å². The van der Waals surface area contributed by atoms with Gasteiger partial charge >= 0.3 is 0 Å². The Kier molecular flexibility index (Phi) is 11.2. The third-order valence-corrected chi connectivity index (χ3v) is 8.42. The van der Waals surface area contributed by atoms with E-state index < -0.39 is 28.5 Å². The average molecular weight is 598 g/mol. The predicted molar refractivity (Wildman–Crippen MR) is 161 cm³/mol. The fraction of sp³-hybridized carbons (Fsp3) is 0.355. The van der Waals surface area contributed by atoms with Gasteiger partial charge in [0.2, 0.25) is 11.8 Å². The molecule has 1 N–H and O–H groups in total. The van der Waals surface area contributed by atoms with E-state index >= 15 is 0 Å². The molecule has 0 aliphatic heterocycles. The van der Waals surface area contributed by atoms with Gasteiger partial charge in [-0.2, -0.15) is 0 Å². The van der Waals surface area contributed by atoms with E-state index in [9.17, 15) is 18.0 Å². The molecule has 0 bridgehead atoms. The third kappa shape index (κ3) is 7.94. The van der Waals surface area contributed by atoms with E-state index in [1.807, 2.05) is 13.8 Å². The number of carbonyl (C=O) groups excluding carboxylic acids is 2. The van der Waals surface area contributed by atoms with E-state index in [1.54, 1.807) is 62.6 Å². The lowest BCUT2D eigenvalue weighted by Gasteiger charge is -2.32. The molecular weight excluding hydrogens is 558 g/mol. The Hall–Kier alpha value is -4.25. The maximum Gasteiger partial charge on any atom is 0.264 e. The first-order valence-electron chi connectivity index (χ1n) is 13.5. The quantitative estimate of drug-likeness (QED) is 0.298. The van der Waals surface area contributed by atoms with Crippen molar-refractivity contribution in [3.05, 3.63) is 78.4 Å². The molecule has 0 aliphatic rings. The Morgan fingerprint density at radius 1 is 0.810 bits per heavy atom. The summed E-state index contributed by atoms with van der Waals surface area (Å²) in [5, 5.41) is 2.87. The van der Waals surface area contributed by atoms with Gasteiger partial charge in [-0.15, -0.1) is 0 Å². The highest BCUT2D eigenvalue weighted by atomic mass is 32.2. The zero-order valence-corrected chi connectivity index (χ0v) is 25.7. The summed E-state index contributed by atoms with van der Waals surface area (Å²) in [6, 6.07) is 18.7. The molecule has 0 aliphatic carbocycles. The van der Waals surface area contributed by atoms with Gasteiger partial charge in [0.1, 0.15) is 29.8 Å². The van der Waals surface area contributed by atoms with Crippen LogP contribution in [-0.2, 0) is 26.2 Å². The van der Waals surface area contributed by atoms with Crippen LogP contribution in [0.2, 0.25) is 0 Å². The molecule has 0 fully saturated rings. The van der Waals surface area contributed by atoms with Crippen molar-refractivity contribution in [3.63, 3.8) is 0 Å². The van der Waals surface area contributed by atoms with Crippen molar-refractivity contribution in [1.29, 1.82) is 0 Å². The summed E-state index contributed by atoms with van der Waals surface area (Å²) in [4.78, 5) is 28.5. The largest absolute Gasteiger partial charge is 0.497 e. The van der Waals surface area contributed by atoms with Crippen molar-refractivity contribution < 1.29 is 32.2 Å². The van der Waals surface area contributed by atoms with Crippen LogP contribution in [0.1, 0.15) is 26.3 Å². The van der Waals surface area contributed by atoms with Gasteiger partial charge in [0.15, 0.2) is 0 Å². The SMILES string of the molecule is COc1ccc(CN(C(=O)CN(c2ccccc2OC)S(=O)(=O)c2ccc(OC)cc2)[C@H](C)C(=O)NCC(C)C)cc1. The van der Waals surface area contributed by atoms with Crippen molar-refractivity contribution in [2.24, 2.45) is 5.92 Å². The number of amides is 2. The molecule has 0 saturated carbocycles. The Morgan fingerprint density at radius 3 is 1.93 bits per heavy atom. The lowest BCUT2D eigenvalue weighted by Crippen LogP contribution is -2.51. The third-order valence-electron chi connectivity index (χ3n) is 6.64. The van der Waals surface area contributed by atoms with Crippen LogP contribution in [0.5, 0.6) is 17.2 Å². The Balaban J connectivity index is 2.04. The van der Waals surface area contributed by atoms with Crippen LogP contribution >= 0.6 is 0 Å². The summed E-state index contributed by atoms with van der Waals surface area (Å²) in [6.45, 7) is 5.50. The predicted octanol–water partition coefficient (Wildman–Crippen LogP) is 4.10. The topological polar surface area (TPSA) is 114 Å². The summed E-state index contributed by atoms with van der Waals surface area (Å²) in [7, 11) is 0.213. The minimum absolute atomic E-state index is 0.0357. The number of anilines is 1. The second-order valence-electron chi connectivity index (χ2n) is 10.0. The Labute approximate surface area is 248 Å². The average Bonchev–Trinajstić information content (AvgIpc) is 3.00. The Morgan fingerprint density at radius 2 is 1.38 bits per heavy atom. The molecule has 226 valence electrons. The number of rotatable bonds is 14. The van der Waals surface area contributed by atoms with Crippen LogP contribution in [0.3, 0.4) is 0 Å². The van der Waals surface area contributed by atoms with Gasteiger partial charge in [-0.05, 0) is 66.9 Å². The van der Waals surface area contributed by atoms with Crippen molar-refractivity contribution in [3.8, 4) is 17.2 Å². The standard InChI is InChI=1S/C31H39N3O7S/c1-22(2)19-32-31(36)23(3)33(20-24-11-13-25(39-4)14-12-24)30(35)21-34(28-9-7-8-10-29(28)41-6)42(37,38)27-17-15-26(40-5)16-18-27/h7-18,22-23H,19-21H2,1-6H3,(H,32,36)/t23-/m1/s1. The van der Waals surface area contributed by atoms with E-state index in [0.29, 0.717) is 18.0 Å². The molecule has 3 aromatic rings. The summed E-state index contributed by atoms with van der Waals surface area (Å²) < 4.78 is 45.0. The highest BCUT2D eigenvalue weighted by Crippen LogP contribution is 2.33. The zero-order chi connectivity index (χ0) is 30.9. The first kappa shape index (κ1) is 32.3. The molecular formula is C31H39N3O7S. The summed E-state index contributed by atoms with van der Waals surface area (Å²) in [5.41, 5.74) is 0.931. The lowest BCUT2D eigenvalue weighted by atomic mass is 10.1.